The van der Waals surface area contributed by atoms with Crippen LogP contribution in [0.25, 0.3) is 0 Å². The van der Waals surface area contributed by atoms with Gasteiger partial charge in [0, 0.05) is 6.54 Å². The minimum atomic E-state index is -4.39. The average Bonchev–Trinajstić information content (AvgIpc) is 2.48. The summed E-state index contributed by atoms with van der Waals surface area (Å²) in [5.74, 6) is -1.49. The van der Waals surface area contributed by atoms with Crippen LogP contribution in [-0.2, 0) is 4.57 Å². The van der Waals surface area contributed by atoms with Crippen LogP contribution in [-0.4, -0.2) is 16.3 Å². The molecule has 2 aromatic rings. The van der Waals surface area contributed by atoms with E-state index in [0.29, 0.717) is 12.1 Å². The first-order chi connectivity index (χ1) is 10.4. The second-order valence-electron chi connectivity index (χ2n) is 5.26. The van der Waals surface area contributed by atoms with E-state index in [4.69, 9.17) is 0 Å². The number of nitrogens with one attached hydrogen (secondary N) is 1. The number of hydrogen-bond donors (Lipinski definition) is 3. The van der Waals surface area contributed by atoms with Crippen LogP contribution in [0.2, 0.25) is 0 Å². The lowest BCUT2D eigenvalue weighted by Crippen LogP contribution is -2.25. The van der Waals surface area contributed by atoms with Gasteiger partial charge >= 0.3 is 7.60 Å². The van der Waals surface area contributed by atoms with E-state index in [1.807, 2.05) is 37.3 Å². The Labute approximate surface area is 129 Å². The van der Waals surface area contributed by atoms with Gasteiger partial charge in [0.15, 0.2) is 0 Å². The Bertz CT molecular complexity index is 642. The molecule has 22 heavy (non-hydrogen) atoms. The Kier molecular flexibility index (Phi) is 5.48. The third-order valence-electron chi connectivity index (χ3n) is 3.51. The van der Waals surface area contributed by atoms with Crippen LogP contribution in [0.3, 0.4) is 0 Å². The van der Waals surface area contributed by atoms with Gasteiger partial charge in [-0.3, -0.25) is 9.88 Å². The van der Waals surface area contributed by atoms with Gasteiger partial charge in [0.05, 0.1) is 0 Å². The summed E-state index contributed by atoms with van der Waals surface area (Å²) < 4.78 is 24.7. The highest BCUT2D eigenvalue weighted by Gasteiger charge is 2.30. The molecule has 6 heteroatoms. The maximum Gasteiger partial charge on any atom is 0.346 e. The molecular weight excluding hydrogens is 304 g/mol. The summed E-state index contributed by atoms with van der Waals surface area (Å²) in [6.07, 6.45) is 0. The highest BCUT2D eigenvalue weighted by atomic mass is 31.2. The van der Waals surface area contributed by atoms with Crippen LogP contribution in [0.5, 0.6) is 0 Å². The van der Waals surface area contributed by atoms with Crippen LogP contribution in [0.4, 0.5) is 4.39 Å². The number of rotatable bonds is 6. The zero-order valence-electron chi connectivity index (χ0n) is 12.2. The molecule has 118 valence electrons. The van der Waals surface area contributed by atoms with Crippen LogP contribution < -0.4 is 5.32 Å². The summed E-state index contributed by atoms with van der Waals surface area (Å²) in [6, 6.07) is 14.9. The Balaban J connectivity index is 2.11. The number of benzene rings is 2. The van der Waals surface area contributed by atoms with Gasteiger partial charge < -0.3 is 9.79 Å². The fourth-order valence-electron chi connectivity index (χ4n) is 2.26. The minimum Gasteiger partial charge on any atom is -0.323 e. The van der Waals surface area contributed by atoms with Crippen molar-refractivity contribution in [1.29, 1.82) is 0 Å². The summed E-state index contributed by atoms with van der Waals surface area (Å²) in [4.78, 5) is 19.1. The second kappa shape index (κ2) is 7.16. The first-order valence-electron chi connectivity index (χ1n) is 6.97. The molecule has 0 radical (unpaired) electrons. The van der Waals surface area contributed by atoms with E-state index in [2.05, 4.69) is 5.32 Å². The molecule has 0 saturated carbocycles. The monoisotopic (exact) mass is 323 g/mol. The molecule has 0 saturated heterocycles. The Hall–Kier alpha value is -1.52. The van der Waals surface area contributed by atoms with Crippen molar-refractivity contribution in [2.24, 2.45) is 0 Å². The highest BCUT2D eigenvalue weighted by Crippen LogP contribution is 2.50. The maximum atomic E-state index is 13.0. The molecule has 0 aliphatic rings. The summed E-state index contributed by atoms with van der Waals surface area (Å²) in [6.45, 7) is 2.38. The van der Waals surface area contributed by atoms with Crippen molar-refractivity contribution in [2.45, 2.75) is 18.6 Å². The normalized spacial score (nSPS) is 14.5. The number of hydrogen-bond acceptors (Lipinski definition) is 2. The summed E-state index contributed by atoms with van der Waals surface area (Å²) >= 11 is 0. The molecular formula is C16H19FNO3P. The van der Waals surface area contributed by atoms with Crippen molar-refractivity contribution in [2.75, 3.05) is 6.54 Å². The molecule has 2 atom stereocenters. The lowest BCUT2D eigenvalue weighted by molar-refractivity contribution is 0.346. The van der Waals surface area contributed by atoms with E-state index in [1.165, 1.54) is 24.3 Å². The maximum absolute atomic E-state index is 13.0. The molecule has 4 nitrogen and oxygen atoms in total. The SMILES string of the molecule is C[C@@H](CN[C@@H](c1ccc(F)cc1)P(=O)(O)O)c1ccccc1. The van der Waals surface area contributed by atoms with Gasteiger partial charge in [-0.1, -0.05) is 49.4 Å². The van der Waals surface area contributed by atoms with E-state index in [-0.39, 0.29) is 5.92 Å². The Morgan fingerprint density at radius 2 is 1.64 bits per heavy atom. The van der Waals surface area contributed by atoms with E-state index < -0.39 is 19.2 Å². The number of halogens is 1. The highest BCUT2D eigenvalue weighted by molar-refractivity contribution is 7.52. The lowest BCUT2D eigenvalue weighted by Gasteiger charge is -2.22. The van der Waals surface area contributed by atoms with Crippen molar-refractivity contribution >= 4 is 7.60 Å². The molecule has 0 aliphatic carbocycles. The second-order valence-corrected chi connectivity index (χ2v) is 6.96. The summed E-state index contributed by atoms with van der Waals surface area (Å²) in [5.41, 5.74) is 1.45. The van der Waals surface area contributed by atoms with Crippen LogP contribution in [0, 0.1) is 5.82 Å². The zero-order chi connectivity index (χ0) is 16.2. The Morgan fingerprint density at radius 3 is 2.18 bits per heavy atom. The van der Waals surface area contributed by atoms with Crippen molar-refractivity contribution in [1.82, 2.24) is 5.32 Å². The smallest absolute Gasteiger partial charge is 0.323 e. The lowest BCUT2D eigenvalue weighted by atomic mass is 10.0. The fourth-order valence-corrected chi connectivity index (χ4v) is 3.17. The van der Waals surface area contributed by atoms with Gasteiger partial charge in [-0.2, -0.15) is 0 Å². The quantitative estimate of drug-likeness (QED) is 0.713. The molecule has 0 bridgehead atoms. The molecule has 2 aromatic carbocycles. The molecule has 0 unspecified atom stereocenters. The Morgan fingerprint density at radius 1 is 1.05 bits per heavy atom. The van der Waals surface area contributed by atoms with Crippen LogP contribution in [0.15, 0.2) is 54.6 Å². The molecule has 0 heterocycles. The van der Waals surface area contributed by atoms with Gasteiger partial charge in [0.25, 0.3) is 0 Å². The van der Waals surface area contributed by atoms with Crippen molar-refractivity contribution in [3.63, 3.8) is 0 Å². The molecule has 0 aromatic heterocycles. The van der Waals surface area contributed by atoms with E-state index in [1.54, 1.807) is 0 Å². The minimum absolute atomic E-state index is 0.0932. The summed E-state index contributed by atoms with van der Waals surface area (Å²) in [5, 5.41) is 2.91. The van der Waals surface area contributed by atoms with E-state index >= 15 is 0 Å². The predicted molar refractivity (Wildman–Crippen MR) is 84.0 cm³/mol. The molecule has 3 N–H and O–H groups in total. The largest absolute Gasteiger partial charge is 0.346 e. The standard InChI is InChI=1S/C16H19FNO3P/c1-12(13-5-3-2-4-6-13)11-18-16(22(19,20)21)14-7-9-15(17)10-8-14/h2-10,12,16,18H,11H2,1H3,(H2,19,20,21)/t12-,16+/m0/s1. The van der Waals surface area contributed by atoms with E-state index in [9.17, 15) is 18.7 Å². The van der Waals surface area contributed by atoms with Crippen molar-refractivity contribution < 1.29 is 18.7 Å². The van der Waals surface area contributed by atoms with Gasteiger partial charge in [-0.15, -0.1) is 0 Å². The molecule has 0 aliphatic heterocycles. The van der Waals surface area contributed by atoms with Crippen molar-refractivity contribution in [3.05, 3.63) is 71.5 Å². The molecule has 0 fully saturated rings. The van der Waals surface area contributed by atoms with Gasteiger partial charge in [0.1, 0.15) is 11.6 Å². The predicted octanol–water partition coefficient (Wildman–Crippen LogP) is 3.40. The van der Waals surface area contributed by atoms with Crippen molar-refractivity contribution in [3.8, 4) is 0 Å². The fraction of sp³-hybridized carbons (Fsp3) is 0.250. The zero-order valence-corrected chi connectivity index (χ0v) is 13.1. The van der Waals surface area contributed by atoms with E-state index in [0.717, 1.165) is 5.56 Å². The average molecular weight is 323 g/mol. The first kappa shape index (κ1) is 16.8. The molecule has 0 amide bonds. The molecule has 2 rings (SSSR count). The van der Waals surface area contributed by atoms with Gasteiger partial charge in [-0.25, -0.2) is 4.39 Å². The third-order valence-corrected chi connectivity index (χ3v) is 4.66. The van der Waals surface area contributed by atoms with Gasteiger partial charge in [-0.05, 0) is 29.2 Å². The molecule has 0 spiro atoms. The van der Waals surface area contributed by atoms with Gasteiger partial charge in [0.2, 0.25) is 0 Å². The van der Waals surface area contributed by atoms with Crippen LogP contribution in [0.1, 0.15) is 29.8 Å². The third kappa shape index (κ3) is 4.49. The topological polar surface area (TPSA) is 69.6 Å². The first-order valence-corrected chi connectivity index (χ1v) is 8.65. The summed E-state index contributed by atoms with van der Waals surface area (Å²) in [7, 11) is -4.39. The van der Waals surface area contributed by atoms with Crippen LogP contribution >= 0.6 is 7.60 Å².